The van der Waals surface area contributed by atoms with Gasteiger partial charge in [-0.05, 0) is 31.0 Å². The third-order valence-electron chi connectivity index (χ3n) is 3.49. The third-order valence-corrected chi connectivity index (χ3v) is 5.69. The minimum atomic E-state index is -3.53. The van der Waals surface area contributed by atoms with Crippen molar-refractivity contribution < 1.29 is 8.42 Å². The highest BCUT2D eigenvalue weighted by molar-refractivity contribution is 7.90. The van der Waals surface area contributed by atoms with E-state index >= 15 is 0 Å². The third kappa shape index (κ3) is 2.91. The number of benzene rings is 1. The molecule has 0 saturated carbocycles. The highest BCUT2D eigenvalue weighted by atomic mass is 35.5. The number of rotatable bonds is 4. The lowest BCUT2D eigenvalue weighted by atomic mass is 10.2. The zero-order valence-corrected chi connectivity index (χ0v) is 13.8. The van der Waals surface area contributed by atoms with Gasteiger partial charge in [-0.1, -0.05) is 24.6 Å². The average Bonchev–Trinajstić information content (AvgIpc) is 2.68. The minimum absolute atomic E-state index is 0.195. The van der Waals surface area contributed by atoms with Crippen molar-refractivity contribution in [2.45, 2.75) is 30.9 Å². The van der Waals surface area contributed by atoms with Crippen LogP contribution in [0.2, 0.25) is 5.02 Å². The van der Waals surface area contributed by atoms with Crippen LogP contribution in [-0.4, -0.2) is 18.2 Å². The molecule has 2 rings (SSSR count). The summed E-state index contributed by atoms with van der Waals surface area (Å²) in [6.45, 7) is 3.62. The smallest absolute Gasteiger partial charge is 0.184 e. The quantitative estimate of drug-likeness (QED) is 0.875. The predicted octanol–water partition coefficient (Wildman–Crippen LogP) is 2.50. The summed E-state index contributed by atoms with van der Waals surface area (Å²) >= 11 is 6.22. The number of nitrogens with two attached hydrogens (primary N) is 1. The lowest BCUT2D eigenvalue weighted by Crippen LogP contribution is -2.11. The first-order valence-corrected chi connectivity index (χ1v) is 8.59. The van der Waals surface area contributed by atoms with Crippen LogP contribution in [-0.2, 0) is 29.1 Å². The molecule has 2 aromatic rings. The van der Waals surface area contributed by atoms with Crippen LogP contribution in [0, 0.1) is 6.92 Å². The van der Waals surface area contributed by atoms with Gasteiger partial charge in [0.15, 0.2) is 9.84 Å². The molecule has 0 aliphatic carbocycles. The molecule has 0 atom stereocenters. The van der Waals surface area contributed by atoms with Crippen molar-refractivity contribution in [2.24, 2.45) is 7.05 Å². The second-order valence-corrected chi connectivity index (χ2v) is 7.25. The van der Waals surface area contributed by atoms with Crippen LogP contribution in [0.3, 0.4) is 0 Å². The Balaban J connectivity index is 2.48. The van der Waals surface area contributed by atoms with Crippen molar-refractivity contribution in [1.82, 2.24) is 9.78 Å². The van der Waals surface area contributed by atoms with E-state index in [9.17, 15) is 8.42 Å². The van der Waals surface area contributed by atoms with Crippen molar-refractivity contribution in [3.63, 3.8) is 0 Å². The van der Waals surface area contributed by atoms with Gasteiger partial charge in [-0.15, -0.1) is 0 Å². The highest BCUT2D eigenvalue weighted by Crippen LogP contribution is 2.28. The van der Waals surface area contributed by atoms with Crippen molar-refractivity contribution in [1.29, 1.82) is 0 Å². The first kappa shape index (κ1) is 15.9. The maximum absolute atomic E-state index is 12.6. The van der Waals surface area contributed by atoms with E-state index in [1.165, 1.54) is 4.68 Å². The zero-order chi connectivity index (χ0) is 15.8. The summed E-state index contributed by atoms with van der Waals surface area (Å²) < 4.78 is 26.8. The Hall–Kier alpha value is -1.53. The van der Waals surface area contributed by atoms with Crippen molar-refractivity contribution in [3.05, 3.63) is 40.2 Å². The van der Waals surface area contributed by atoms with Crippen molar-refractivity contribution in [3.8, 4) is 0 Å². The molecular weight excluding hydrogens is 310 g/mol. The number of nitrogens with zero attached hydrogens (tertiary/aromatic N) is 2. The molecule has 1 aromatic heterocycles. The Bertz CT molecular complexity index is 782. The lowest BCUT2D eigenvalue weighted by molar-refractivity contribution is 0.591. The first-order valence-electron chi connectivity index (χ1n) is 6.56. The minimum Gasteiger partial charge on any atom is -0.398 e. The number of hydrogen-bond acceptors (Lipinski definition) is 4. The standard InChI is InChI=1S/C14H18ClN3O2S/c1-4-11-14(15)12(18(3)17-11)8-21(19,20)13-7-5-6-10(16)9(13)2/h5-7H,4,8,16H2,1-3H3. The van der Waals surface area contributed by atoms with E-state index in [0.29, 0.717) is 34.1 Å². The molecule has 7 heteroatoms. The van der Waals surface area contributed by atoms with E-state index in [0.717, 1.165) is 0 Å². The van der Waals surface area contributed by atoms with Crippen LogP contribution in [0.25, 0.3) is 0 Å². The van der Waals surface area contributed by atoms with Crippen molar-refractivity contribution >= 4 is 27.1 Å². The van der Waals surface area contributed by atoms with Crippen LogP contribution in [0.15, 0.2) is 23.1 Å². The van der Waals surface area contributed by atoms with Crippen LogP contribution in [0.4, 0.5) is 5.69 Å². The number of sulfone groups is 1. The second kappa shape index (κ2) is 5.69. The summed E-state index contributed by atoms with van der Waals surface area (Å²) in [7, 11) is -1.84. The molecule has 0 radical (unpaired) electrons. The monoisotopic (exact) mass is 327 g/mol. The fraction of sp³-hybridized carbons (Fsp3) is 0.357. The summed E-state index contributed by atoms with van der Waals surface area (Å²) in [5.74, 6) is -0.195. The fourth-order valence-electron chi connectivity index (χ4n) is 2.20. The van der Waals surface area contributed by atoms with Gasteiger partial charge >= 0.3 is 0 Å². The van der Waals surface area contributed by atoms with Gasteiger partial charge in [-0.2, -0.15) is 5.10 Å². The molecule has 5 nitrogen and oxygen atoms in total. The predicted molar refractivity (Wildman–Crippen MR) is 84.1 cm³/mol. The normalized spacial score (nSPS) is 11.8. The summed E-state index contributed by atoms with van der Waals surface area (Å²) in [6, 6.07) is 4.88. The van der Waals surface area contributed by atoms with Gasteiger partial charge in [-0.25, -0.2) is 8.42 Å². The summed E-state index contributed by atoms with van der Waals surface area (Å²) in [5.41, 5.74) is 8.01. The summed E-state index contributed by atoms with van der Waals surface area (Å²) in [4.78, 5) is 0.234. The molecule has 0 amide bonds. The van der Waals surface area contributed by atoms with Crippen molar-refractivity contribution in [2.75, 3.05) is 5.73 Å². The zero-order valence-electron chi connectivity index (χ0n) is 12.2. The van der Waals surface area contributed by atoms with E-state index in [-0.39, 0.29) is 10.6 Å². The molecule has 0 aliphatic rings. The van der Waals surface area contributed by atoms with Gasteiger partial charge in [0.2, 0.25) is 0 Å². The van der Waals surface area contributed by atoms with E-state index < -0.39 is 9.84 Å². The second-order valence-electron chi connectivity index (χ2n) is 4.91. The maximum atomic E-state index is 12.6. The summed E-state index contributed by atoms with van der Waals surface area (Å²) in [5, 5.41) is 4.66. The molecule has 0 fully saturated rings. The van der Waals surface area contributed by atoms with E-state index in [1.807, 2.05) is 6.92 Å². The molecule has 0 bridgehead atoms. The fourth-order valence-corrected chi connectivity index (χ4v) is 4.36. The Morgan fingerprint density at radius 2 is 2.05 bits per heavy atom. The molecular formula is C14H18ClN3O2S. The largest absolute Gasteiger partial charge is 0.398 e. The number of nitrogen functional groups attached to an aromatic ring is 1. The van der Waals surface area contributed by atoms with E-state index in [1.54, 1.807) is 32.2 Å². The van der Waals surface area contributed by atoms with Crippen LogP contribution in [0.5, 0.6) is 0 Å². The van der Waals surface area contributed by atoms with Gasteiger partial charge in [-0.3, -0.25) is 4.68 Å². The maximum Gasteiger partial charge on any atom is 0.184 e. The van der Waals surface area contributed by atoms with Crippen LogP contribution in [0.1, 0.15) is 23.9 Å². The molecule has 114 valence electrons. The Morgan fingerprint density at radius 1 is 1.38 bits per heavy atom. The van der Waals surface area contributed by atoms with E-state index in [4.69, 9.17) is 17.3 Å². The molecule has 21 heavy (non-hydrogen) atoms. The number of hydrogen-bond donors (Lipinski definition) is 1. The summed E-state index contributed by atoms with van der Waals surface area (Å²) in [6.07, 6.45) is 0.657. The molecule has 1 heterocycles. The lowest BCUT2D eigenvalue weighted by Gasteiger charge is -2.10. The molecule has 0 spiro atoms. The van der Waals surface area contributed by atoms with Gasteiger partial charge in [0.25, 0.3) is 0 Å². The van der Waals surface area contributed by atoms with Gasteiger partial charge < -0.3 is 5.73 Å². The molecule has 0 unspecified atom stereocenters. The van der Waals surface area contributed by atoms with E-state index in [2.05, 4.69) is 5.10 Å². The molecule has 0 saturated heterocycles. The Kier molecular flexibility index (Phi) is 4.30. The topological polar surface area (TPSA) is 78.0 Å². The Labute approximate surface area is 129 Å². The number of aromatic nitrogens is 2. The van der Waals surface area contributed by atoms with Gasteiger partial charge in [0, 0.05) is 12.7 Å². The highest BCUT2D eigenvalue weighted by Gasteiger charge is 2.23. The SMILES string of the molecule is CCc1nn(C)c(CS(=O)(=O)c2cccc(N)c2C)c1Cl. The number of halogens is 1. The number of aryl methyl sites for hydroxylation is 2. The molecule has 2 N–H and O–H groups in total. The first-order chi connectivity index (χ1) is 9.77. The van der Waals surface area contributed by atoms with Gasteiger partial charge in [0.05, 0.1) is 27.1 Å². The van der Waals surface area contributed by atoms with Crippen LogP contribution >= 0.6 is 11.6 Å². The van der Waals surface area contributed by atoms with Crippen LogP contribution < -0.4 is 5.73 Å². The van der Waals surface area contributed by atoms with Gasteiger partial charge in [0.1, 0.15) is 0 Å². The molecule has 1 aromatic carbocycles. The average molecular weight is 328 g/mol. The number of anilines is 1. The molecule has 0 aliphatic heterocycles. The Morgan fingerprint density at radius 3 is 2.62 bits per heavy atom.